The number of amides is 1. The number of thioether (sulfide) groups is 1. The smallest absolute Gasteiger partial charge is 0.225 e. The van der Waals surface area contributed by atoms with Crippen molar-refractivity contribution in [1.82, 2.24) is 14.8 Å². The van der Waals surface area contributed by atoms with Gasteiger partial charge in [-0.25, -0.2) is 0 Å². The third kappa shape index (κ3) is 5.25. The highest BCUT2D eigenvalue weighted by Gasteiger charge is 2.18. The number of carbonyl (C=O) groups excluding carboxylic acids is 1. The Morgan fingerprint density at radius 2 is 1.79 bits per heavy atom. The van der Waals surface area contributed by atoms with Crippen LogP contribution < -0.4 is 5.32 Å². The molecule has 0 fully saturated rings. The molecule has 6 nitrogen and oxygen atoms in total. The lowest BCUT2D eigenvalue weighted by Crippen LogP contribution is -2.13. The van der Waals surface area contributed by atoms with Crippen molar-refractivity contribution in [1.29, 1.82) is 5.26 Å². The Balaban J connectivity index is 1.54. The zero-order chi connectivity index (χ0) is 23.2. The van der Waals surface area contributed by atoms with Crippen molar-refractivity contribution in [3.05, 3.63) is 88.9 Å². The van der Waals surface area contributed by atoms with E-state index in [-0.39, 0.29) is 12.3 Å². The third-order valence-corrected chi connectivity index (χ3v) is 6.16. The summed E-state index contributed by atoms with van der Waals surface area (Å²) in [6.07, 6.45) is 0.265. The normalized spacial score (nSPS) is 10.6. The maximum absolute atomic E-state index is 12.4. The second-order valence-electron chi connectivity index (χ2n) is 7.24. The molecule has 4 rings (SSSR count). The predicted octanol–water partition coefficient (Wildman–Crippen LogP) is 5.89. The summed E-state index contributed by atoms with van der Waals surface area (Å²) in [5.41, 5.74) is 3.91. The van der Waals surface area contributed by atoms with Crippen LogP contribution in [0.25, 0.3) is 17.1 Å². The van der Waals surface area contributed by atoms with Crippen molar-refractivity contribution in [2.24, 2.45) is 0 Å². The minimum Gasteiger partial charge on any atom is -0.325 e. The standard InChI is InChI=1S/C25H20ClN5OS/c1-17-6-2-5-9-22(17)31-24(18-10-12-20(26)13-11-18)29-30-25(31)33-15-14-23(32)28-21-8-4-3-7-19(21)16-27/h2-13H,14-15H2,1H3,(H,28,32). The van der Waals surface area contributed by atoms with Gasteiger partial charge in [-0.05, 0) is 55.0 Å². The molecule has 33 heavy (non-hydrogen) atoms. The summed E-state index contributed by atoms with van der Waals surface area (Å²) < 4.78 is 2.01. The van der Waals surface area contributed by atoms with Crippen LogP contribution in [0, 0.1) is 18.3 Å². The molecule has 1 amide bonds. The van der Waals surface area contributed by atoms with Crippen molar-refractivity contribution in [3.8, 4) is 23.1 Å². The molecule has 0 unspecified atom stereocenters. The Morgan fingerprint density at radius 1 is 1.06 bits per heavy atom. The second kappa shape index (κ2) is 10.3. The minimum atomic E-state index is -0.162. The first-order valence-corrected chi connectivity index (χ1v) is 11.6. The number of aromatic nitrogens is 3. The zero-order valence-corrected chi connectivity index (χ0v) is 19.4. The third-order valence-electron chi connectivity index (χ3n) is 4.97. The summed E-state index contributed by atoms with van der Waals surface area (Å²) in [7, 11) is 0. The van der Waals surface area contributed by atoms with Crippen molar-refractivity contribution < 1.29 is 4.79 Å². The van der Waals surface area contributed by atoms with Gasteiger partial charge in [0.25, 0.3) is 0 Å². The van der Waals surface area contributed by atoms with Crippen molar-refractivity contribution in [2.45, 2.75) is 18.5 Å². The molecule has 3 aromatic carbocycles. The summed E-state index contributed by atoms with van der Waals surface area (Å²) >= 11 is 7.51. The van der Waals surface area contributed by atoms with Crippen LogP contribution in [0.1, 0.15) is 17.5 Å². The molecule has 0 saturated heterocycles. The topological polar surface area (TPSA) is 83.6 Å². The molecule has 0 radical (unpaired) electrons. The van der Waals surface area contributed by atoms with Crippen molar-refractivity contribution >= 4 is 35.0 Å². The highest BCUT2D eigenvalue weighted by molar-refractivity contribution is 7.99. The van der Waals surface area contributed by atoms with E-state index in [1.807, 2.05) is 60.0 Å². The molecule has 1 N–H and O–H groups in total. The van der Waals surface area contributed by atoms with E-state index in [0.717, 1.165) is 16.8 Å². The van der Waals surface area contributed by atoms with Crippen LogP contribution in [0.15, 0.2) is 78.0 Å². The Kier molecular flexibility index (Phi) is 7.08. The number of nitrogens with one attached hydrogen (secondary N) is 1. The van der Waals surface area contributed by atoms with Gasteiger partial charge in [-0.3, -0.25) is 9.36 Å². The van der Waals surface area contributed by atoms with E-state index in [9.17, 15) is 10.1 Å². The summed E-state index contributed by atoms with van der Waals surface area (Å²) in [6, 6.07) is 24.5. The van der Waals surface area contributed by atoms with Crippen molar-refractivity contribution in [2.75, 3.05) is 11.1 Å². The number of nitriles is 1. The fourth-order valence-corrected chi connectivity index (χ4v) is 4.33. The summed E-state index contributed by atoms with van der Waals surface area (Å²) in [5, 5.41) is 22.2. The number of rotatable bonds is 7. The van der Waals surface area contributed by atoms with Crippen LogP contribution in [-0.2, 0) is 4.79 Å². The first-order chi connectivity index (χ1) is 16.1. The summed E-state index contributed by atoms with van der Waals surface area (Å²) in [4.78, 5) is 12.4. The van der Waals surface area contributed by atoms with Crippen LogP contribution >= 0.6 is 23.4 Å². The monoisotopic (exact) mass is 473 g/mol. The average Bonchev–Trinajstić information content (AvgIpc) is 3.24. The lowest BCUT2D eigenvalue weighted by molar-refractivity contribution is -0.115. The highest BCUT2D eigenvalue weighted by Crippen LogP contribution is 2.30. The largest absolute Gasteiger partial charge is 0.325 e. The number of para-hydroxylation sites is 2. The molecular formula is C25H20ClN5OS. The Labute approximate surface area is 201 Å². The van der Waals surface area contributed by atoms with Gasteiger partial charge in [0.05, 0.1) is 16.9 Å². The first kappa shape index (κ1) is 22.6. The lowest BCUT2D eigenvalue weighted by atomic mass is 10.1. The minimum absolute atomic E-state index is 0.162. The van der Waals surface area contributed by atoms with Gasteiger partial charge < -0.3 is 5.32 Å². The van der Waals surface area contributed by atoms with Gasteiger partial charge in [-0.15, -0.1) is 10.2 Å². The SMILES string of the molecule is Cc1ccccc1-n1c(SCCC(=O)Nc2ccccc2C#N)nnc1-c1ccc(Cl)cc1. The lowest BCUT2D eigenvalue weighted by Gasteiger charge is -2.13. The molecule has 164 valence electrons. The summed E-state index contributed by atoms with van der Waals surface area (Å²) in [5.74, 6) is 1.05. The second-order valence-corrected chi connectivity index (χ2v) is 8.74. The number of hydrogen-bond acceptors (Lipinski definition) is 5. The molecule has 0 spiro atoms. The molecule has 0 saturated carbocycles. The van der Waals surface area contributed by atoms with E-state index >= 15 is 0 Å². The number of nitrogens with zero attached hydrogens (tertiary/aromatic N) is 4. The van der Waals surface area contributed by atoms with Crippen LogP contribution in [0.5, 0.6) is 0 Å². The molecule has 1 heterocycles. The Hall–Kier alpha value is -3.60. The number of anilines is 1. The molecular weight excluding hydrogens is 454 g/mol. The first-order valence-electron chi connectivity index (χ1n) is 10.3. The predicted molar refractivity (Wildman–Crippen MR) is 132 cm³/mol. The van der Waals surface area contributed by atoms with E-state index in [1.54, 1.807) is 24.3 Å². The molecule has 0 aliphatic heterocycles. The molecule has 8 heteroatoms. The van der Waals surface area contributed by atoms with Gasteiger partial charge in [0, 0.05) is 22.8 Å². The summed E-state index contributed by atoms with van der Waals surface area (Å²) in [6.45, 7) is 2.04. The van der Waals surface area contributed by atoms with Crippen LogP contribution in [0.4, 0.5) is 5.69 Å². The van der Waals surface area contributed by atoms with Crippen LogP contribution in [0.3, 0.4) is 0 Å². The number of hydrogen-bond donors (Lipinski definition) is 1. The van der Waals surface area contributed by atoms with Gasteiger partial charge >= 0.3 is 0 Å². The van der Waals surface area contributed by atoms with Gasteiger partial charge in [-0.1, -0.05) is 53.7 Å². The molecule has 1 aromatic heterocycles. The number of halogens is 1. The molecule has 0 aliphatic carbocycles. The number of carbonyl (C=O) groups is 1. The number of aryl methyl sites for hydroxylation is 1. The van der Waals surface area contributed by atoms with Gasteiger partial charge in [0.1, 0.15) is 6.07 Å². The van der Waals surface area contributed by atoms with Gasteiger partial charge in [-0.2, -0.15) is 5.26 Å². The molecule has 4 aromatic rings. The molecule has 0 aliphatic rings. The fraction of sp³-hybridized carbons (Fsp3) is 0.120. The highest BCUT2D eigenvalue weighted by atomic mass is 35.5. The maximum Gasteiger partial charge on any atom is 0.225 e. The quantitative estimate of drug-likeness (QED) is 0.338. The van der Waals surface area contributed by atoms with Gasteiger partial charge in [0.15, 0.2) is 11.0 Å². The van der Waals surface area contributed by atoms with E-state index < -0.39 is 0 Å². The molecule has 0 bridgehead atoms. The van der Waals surface area contributed by atoms with Gasteiger partial charge in [0.2, 0.25) is 5.91 Å². The fourth-order valence-electron chi connectivity index (χ4n) is 3.32. The maximum atomic E-state index is 12.4. The Morgan fingerprint density at radius 3 is 2.55 bits per heavy atom. The van der Waals surface area contributed by atoms with E-state index in [4.69, 9.17) is 11.6 Å². The van der Waals surface area contributed by atoms with Crippen LogP contribution in [0.2, 0.25) is 5.02 Å². The average molecular weight is 474 g/mol. The van der Waals surface area contributed by atoms with E-state index in [1.165, 1.54) is 11.8 Å². The number of benzene rings is 3. The van der Waals surface area contributed by atoms with Crippen LogP contribution in [-0.4, -0.2) is 26.4 Å². The van der Waals surface area contributed by atoms with E-state index in [2.05, 4.69) is 21.6 Å². The zero-order valence-electron chi connectivity index (χ0n) is 17.8. The van der Waals surface area contributed by atoms with E-state index in [0.29, 0.717) is 33.0 Å². The molecule has 0 atom stereocenters. The Bertz CT molecular complexity index is 1330. The van der Waals surface area contributed by atoms with Crippen molar-refractivity contribution in [3.63, 3.8) is 0 Å².